The smallest absolute Gasteiger partial charge is 0.244 e. The maximum absolute atomic E-state index is 12.6. The molecule has 2 aliphatic rings. The minimum absolute atomic E-state index is 0.0130. The third-order valence-electron chi connectivity index (χ3n) is 6.25. The number of hydrazone groups is 1. The molecular weight excluding hydrogens is 407 g/mol. The molecule has 0 aromatic heterocycles. The number of nitrogens with zero attached hydrogens (tertiary/aromatic N) is 1. The number of fused-ring (bicyclic) bond motifs is 1. The Kier molecular flexibility index (Phi) is 5.84. The number of benzene rings is 2. The molecule has 29 heavy (non-hydrogen) atoms. The number of ether oxygens (including phenoxy) is 1. The van der Waals surface area contributed by atoms with Crippen LogP contribution in [0.15, 0.2) is 47.6 Å². The van der Waals surface area contributed by atoms with Crippen molar-refractivity contribution in [3.8, 4) is 5.75 Å². The molecule has 2 aliphatic carbocycles. The van der Waals surface area contributed by atoms with Gasteiger partial charge in [-0.25, -0.2) is 5.43 Å². The van der Waals surface area contributed by atoms with Crippen molar-refractivity contribution in [1.82, 2.24) is 5.43 Å². The summed E-state index contributed by atoms with van der Waals surface area (Å²) in [5, 5.41) is 5.42. The van der Waals surface area contributed by atoms with Gasteiger partial charge >= 0.3 is 0 Å². The lowest BCUT2D eigenvalue weighted by Crippen LogP contribution is -2.22. The summed E-state index contributed by atoms with van der Waals surface area (Å²) in [5.41, 5.74) is 4.56. The minimum Gasteiger partial charge on any atom is -0.488 e. The summed E-state index contributed by atoms with van der Waals surface area (Å²) in [6.07, 6.45) is 6.31. The van der Waals surface area contributed by atoms with Gasteiger partial charge in [-0.15, -0.1) is 0 Å². The quantitative estimate of drug-likeness (QED) is 0.461. The molecule has 1 N–H and O–H groups in total. The number of carbonyl (C=O) groups excluding carboxylic acids is 1. The maximum Gasteiger partial charge on any atom is 0.244 e. The number of rotatable bonds is 6. The van der Waals surface area contributed by atoms with Crippen molar-refractivity contribution in [2.24, 2.45) is 22.4 Å². The van der Waals surface area contributed by atoms with Crippen LogP contribution in [0, 0.1) is 17.3 Å². The Bertz CT molecular complexity index is 946. The largest absolute Gasteiger partial charge is 0.488 e. The van der Waals surface area contributed by atoms with Crippen LogP contribution in [0.2, 0.25) is 10.0 Å². The molecule has 2 aromatic carbocycles. The van der Waals surface area contributed by atoms with E-state index < -0.39 is 0 Å². The standard InChI is InChI=1S/C23H24Cl2N2O2/c1-23-10-3-2-7-19(23)21(23)22(28)27-26-13-16-12-18(25)8-9-20(16)29-14-15-5-4-6-17(24)11-15/h4-6,8-9,11-13,19,21H,2-3,7,10,14H2,1H3,(H,27,28)/b26-13-/t19-,21+,23-/m0/s1. The van der Waals surface area contributed by atoms with Crippen molar-refractivity contribution < 1.29 is 9.53 Å². The van der Waals surface area contributed by atoms with Gasteiger partial charge in [0, 0.05) is 21.5 Å². The number of amides is 1. The monoisotopic (exact) mass is 430 g/mol. The molecule has 0 saturated heterocycles. The summed E-state index contributed by atoms with van der Waals surface area (Å²) >= 11 is 12.2. The molecule has 6 heteroatoms. The third-order valence-corrected chi connectivity index (χ3v) is 6.72. The van der Waals surface area contributed by atoms with E-state index in [0.717, 1.165) is 18.4 Å². The van der Waals surface area contributed by atoms with E-state index in [9.17, 15) is 4.79 Å². The average Bonchev–Trinajstić information content (AvgIpc) is 3.33. The molecule has 0 spiro atoms. The third kappa shape index (κ3) is 4.44. The fraction of sp³-hybridized carbons (Fsp3) is 0.391. The molecule has 3 atom stereocenters. The number of halogens is 2. The van der Waals surface area contributed by atoms with Gasteiger partial charge in [-0.05, 0) is 60.1 Å². The number of nitrogens with one attached hydrogen (secondary N) is 1. The summed E-state index contributed by atoms with van der Waals surface area (Å²) in [6.45, 7) is 2.60. The molecule has 152 valence electrons. The first-order valence-electron chi connectivity index (χ1n) is 9.97. The summed E-state index contributed by atoms with van der Waals surface area (Å²) in [5.74, 6) is 1.24. The van der Waals surface area contributed by atoms with Crippen molar-refractivity contribution >= 4 is 35.3 Å². The molecule has 2 aromatic rings. The second kappa shape index (κ2) is 8.37. The summed E-state index contributed by atoms with van der Waals surface area (Å²) in [4.78, 5) is 12.6. The number of hydrogen-bond acceptors (Lipinski definition) is 3. The Morgan fingerprint density at radius 1 is 1.24 bits per heavy atom. The van der Waals surface area contributed by atoms with Crippen molar-refractivity contribution in [2.75, 3.05) is 0 Å². The van der Waals surface area contributed by atoms with Crippen LogP contribution in [0.25, 0.3) is 0 Å². The zero-order valence-electron chi connectivity index (χ0n) is 16.3. The lowest BCUT2D eigenvalue weighted by atomic mass is 9.90. The van der Waals surface area contributed by atoms with Gasteiger partial charge < -0.3 is 4.74 Å². The predicted molar refractivity (Wildman–Crippen MR) is 117 cm³/mol. The zero-order chi connectivity index (χ0) is 20.4. The highest BCUT2D eigenvalue weighted by molar-refractivity contribution is 6.31. The SMILES string of the molecule is C[C@]12CCCC[C@H]1[C@@H]2C(=O)N/N=C\c1cc(Cl)ccc1OCc1cccc(Cl)c1. The molecule has 4 rings (SSSR count). The van der Waals surface area contributed by atoms with Crippen LogP contribution < -0.4 is 10.2 Å². The minimum atomic E-state index is 0.0130. The van der Waals surface area contributed by atoms with E-state index in [-0.39, 0.29) is 17.2 Å². The van der Waals surface area contributed by atoms with Crippen molar-refractivity contribution in [2.45, 2.75) is 39.2 Å². The van der Waals surface area contributed by atoms with Crippen molar-refractivity contribution in [3.05, 3.63) is 63.6 Å². The number of hydrogen-bond donors (Lipinski definition) is 1. The van der Waals surface area contributed by atoms with E-state index in [1.54, 1.807) is 24.4 Å². The van der Waals surface area contributed by atoms with Gasteiger partial charge in [0.25, 0.3) is 0 Å². The molecule has 0 heterocycles. The molecule has 0 bridgehead atoms. The average molecular weight is 431 g/mol. The lowest BCUT2D eigenvalue weighted by Gasteiger charge is -2.15. The second-order valence-electron chi connectivity index (χ2n) is 8.17. The summed E-state index contributed by atoms with van der Waals surface area (Å²) in [6, 6.07) is 12.9. The summed E-state index contributed by atoms with van der Waals surface area (Å²) in [7, 11) is 0. The molecule has 4 nitrogen and oxygen atoms in total. The first-order valence-corrected chi connectivity index (χ1v) is 10.7. The fourth-order valence-corrected chi connectivity index (χ4v) is 5.02. The zero-order valence-corrected chi connectivity index (χ0v) is 17.8. The topological polar surface area (TPSA) is 50.7 Å². The predicted octanol–water partition coefficient (Wildman–Crippen LogP) is 5.85. The highest BCUT2D eigenvalue weighted by atomic mass is 35.5. The first kappa shape index (κ1) is 20.2. The van der Waals surface area contributed by atoms with E-state index in [0.29, 0.717) is 33.9 Å². The molecule has 2 fully saturated rings. The molecule has 2 saturated carbocycles. The van der Waals surface area contributed by atoms with Gasteiger partial charge in [-0.1, -0.05) is 55.1 Å². The normalized spacial score (nSPS) is 25.5. The van der Waals surface area contributed by atoms with E-state index in [2.05, 4.69) is 17.5 Å². The van der Waals surface area contributed by atoms with Crippen LogP contribution in [-0.4, -0.2) is 12.1 Å². The maximum atomic E-state index is 12.6. The highest BCUT2D eigenvalue weighted by Gasteiger charge is 2.64. The molecule has 1 amide bonds. The van der Waals surface area contributed by atoms with E-state index >= 15 is 0 Å². The molecular formula is C23H24Cl2N2O2. The van der Waals surface area contributed by atoms with Crippen LogP contribution in [-0.2, 0) is 11.4 Å². The Morgan fingerprint density at radius 3 is 2.83 bits per heavy atom. The van der Waals surface area contributed by atoms with Crippen LogP contribution in [0.3, 0.4) is 0 Å². The van der Waals surface area contributed by atoms with E-state index in [1.807, 2.05) is 24.3 Å². The molecule has 0 radical (unpaired) electrons. The van der Waals surface area contributed by atoms with Gasteiger partial charge in [0.2, 0.25) is 5.91 Å². The van der Waals surface area contributed by atoms with E-state index in [1.165, 1.54) is 12.8 Å². The van der Waals surface area contributed by atoms with Crippen LogP contribution in [0.1, 0.15) is 43.7 Å². The first-order chi connectivity index (χ1) is 14.0. The van der Waals surface area contributed by atoms with Crippen LogP contribution >= 0.6 is 23.2 Å². The van der Waals surface area contributed by atoms with Crippen LogP contribution in [0.4, 0.5) is 0 Å². The Morgan fingerprint density at radius 2 is 2.07 bits per heavy atom. The molecule has 0 aliphatic heterocycles. The van der Waals surface area contributed by atoms with Gasteiger partial charge in [0.15, 0.2) is 0 Å². The van der Waals surface area contributed by atoms with Gasteiger partial charge in [-0.3, -0.25) is 4.79 Å². The van der Waals surface area contributed by atoms with Crippen molar-refractivity contribution in [1.29, 1.82) is 0 Å². The second-order valence-corrected chi connectivity index (χ2v) is 9.04. The van der Waals surface area contributed by atoms with E-state index in [4.69, 9.17) is 27.9 Å². The Hall–Kier alpha value is -2.04. The van der Waals surface area contributed by atoms with Gasteiger partial charge in [0.1, 0.15) is 12.4 Å². The van der Waals surface area contributed by atoms with Crippen molar-refractivity contribution in [3.63, 3.8) is 0 Å². The lowest BCUT2D eigenvalue weighted by molar-refractivity contribution is -0.123. The fourth-order valence-electron chi connectivity index (χ4n) is 4.62. The van der Waals surface area contributed by atoms with Crippen LogP contribution in [0.5, 0.6) is 5.75 Å². The highest BCUT2D eigenvalue weighted by Crippen LogP contribution is 2.66. The number of carbonyl (C=O) groups is 1. The Labute approximate surface area is 181 Å². The van der Waals surface area contributed by atoms with Gasteiger partial charge in [0.05, 0.1) is 6.21 Å². The molecule has 0 unspecified atom stereocenters. The Balaban J connectivity index is 1.40. The van der Waals surface area contributed by atoms with Gasteiger partial charge in [-0.2, -0.15) is 5.10 Å². The summed E-state index contributed by atoms with van der Waals surface area (Å²) < 4.78 is 5.92.